The maximum Gasteiger partial charge on any atom is 0.126 e. The summed E-state index contributed by atoms with van der Waals surface area (Å²) in [6.45, 7) is 5.12. The minimum absolute atomic E-state index is 0.277. The molecule has 0 spiro atoms. The molecule has 0 saturated heterocycles. The predicted molar refractivity (Wildman–Crippen MR) is 79.5 cm³/mol. The Morgan fingerprint density at radius 2 is 1.71 bits per heavy atom. The minimum Gasteiger partial charge on any atom is -0.494 e. The molecule has 2 aromatic carbocycles. The molecule has 1 atom stereocenters. The van der Waals surface area contributed by atoms with Gasteiger partial charge in [-0.05, 0) is 48.9 Å². The molecule has 0 heterocycles. The topological polar surface area (TPSA) is 21.3 Å². The van der Waals surface area contributed by atoms with Crippen LogP contribution in [0.2, 0.25) is 0 Å². The zero-order chi connectivity index (χ0) is 15.2. The second kappa shape index (κ2) is 7.18. The van der Waals surface area contributed by atoms with Gasteiger partial charge in [0.15, 0.2) is 0 Å². The van der Waals surface area contributed by atoms with Gasteiger partial charge < -0.3 is 10.1 Å². The fraction of sp³-hybridized carbons (Fsp3) is 0.294. The van der Waals surface area contributed by atoms with Crippen LogP contribution in [0.3, 0.4) is 0 Å². The summed E-state index contributed by atoms with van der Waals surface area (Å²) in [4.78, 5) is 0. The van der Waals surface area contributed by atoms with Gasteiger partial charge in [-0.2, -0.15) is 0 Å². The van der Waals surface area contributed by atoms with Gasteiger partial charge in [0.05, 0.1) is 12.6 Å². The van der Waals surface area contributed by atoms with Gasteiger partial charge in [-0.1, -0.05) is 19.1 Å². The van der Waals surface area contributed by atoms with Crippen LogP contribution in [0.25, 0.3) is 0 Å². The van der Waals surface area contributed by atoms with Crippen LogP contribution in [0.4, 0.5) is 8.78 Å². The Kier molecular flexibility index (Phi) is 5.28. The third-order valence-corrected chi connectivity index (χ3v) is 3.13. The standard InChI is InChI=1S/C17H19F2NO/c1-3-20-17(13-8-14(18)11-15(19)9-13)12-6-5-7-16(10-12)21-4-2/h5-11,17,20H,3-4H2,1-2H3. The van der Waals surface area contributed by atoms with Crippen LogP contribution in [0, 0.1) is 11.6 Å². The molecule has 0 radical (unpaired) electrons. The summed E-state index contributed by atoms with van der Waals surface area (Å²) in [7, 11) is 0. The fourth-order valence-electron chi connectivity index (χ4n) is 2.32. The van der Waals surface area contributed by atoms with E-state index in [0.29, 0.717) is 18.7 Å². The number of ether oxygens (including phenoxy) is 1. The second-order valence-corrected chi connectivity index (χ2v) is 4.70. The lowest BCUT2D eigenvalue weighted by atomic mass is 9.98. The van der Waals surface area contributed by atoms with Crippen LogP contribution in [0.5, 0.6) is 5.75 Å². The number of hydrogen-bond acceptors (Lipinski definition) is 2. The maximum atomic E-state index is 13.5. The molecule has 0 aromatic heterocycles. The molecule has 2 nitrogen and oxygen atoms in total. The molecule has 0 bridgehead atoms. The SMILES string of the molecule is CCNC(c1cc(F)cc(F)c1)c1cccc(OCC)c1. The van der Waals surface area contributed by atoms with Gasteiger partial charge in [0.1, 0.15) is 17.4 Å². The summed E-state index contributed by atoms with van der Waals surface area (Å²) >= 11 is 0. The van der Waals surface area contributed by atoms with Crippen LogP contribution < -0.4 is 10.1 Å². The van der Waals surface area contributed by atoms with Crippen molar-refractivity contribution in [2.75, 3.05) is 13.2 Å². The van der Waals surface area contributed by atoms with E-state index in [4.69, 9.17) is 4.74 Å². The zero-order valence-electron chi connectivity index (χ0n) is 12.2. The van der Waals surface area contributed by atoms with Crippen molar-refractivity contribution in [2.45, 2.75) is 19.9 Å². The molecular formula is C17H19F2NO. The molecule has 4 heteroatoms. The molecule has 0 saturated carbocycles. The Morgan fingerprint density at radius 1 is 1.00 bits per heavy atom. The van der Waals surface area contributed by atoms with Crippen molar-refractivity contribution in [3.05, 3.63) is 65.2 Å². The van der Waals surface area contributed by atoms with E-state index < -0.39 is 11.6 Å². The molecule has 112 valence electrons. The van der Waals surface area contributed by atoms with E-state index in [1.165, 1.54) is 12.1 Å². The van der Waals surface area contributed by atoms with E-state index in [0.717, 1.165) is 17.4 Å². The molecule has 0 aliphatic carbocycles. The highest BCUT2D eigenvalue weighted by molar-refractivity contribution is 5.37. The third kappa shape index (κ3) is 4.02. The Hall–Kier alpha value is -1.94. The first-order chi connectivity index (χ1) is 10.1. The lowest BCUT2D eigenvalue weighted by Crippen LogP contribution is -2.22. The fourth-order valence-corrected chi connectivity index (χ4v) is 2.32. The summed E-state index contributed by atoms with van der Waals surface area (Å²) in [5.41, 5.74) is 1.47. The minimum atomic E-state index is -0.575. The van der Waals surface area contributed by atoms with Crippen LogP contribution in [-0.2, 0) is 0 Å². The lowest BCUT2D eigenvalue weighted by molar-refractivity contribution is 0.339. The van der Waals surface area contributed by atoms with E-state index >= 15 is 0 Å². The van der Waals surface area contributed by atoms with Gasteiger partial charge in [-0.15, -0.1) is 0 Å². The third-order valence-electron chi connectivity index (χ3n) is 3.13. The zero-order valence-corrected chi connectivity index (χ0v) is 12.2. The largest absolute Gasteiger partial charge is 0.494 e. The average molecular weight is 291 g/mol. The molecule has 2 aromatic rings. The van der Waals surface area contributed by atoms with E-state index in [2.05, 4.69) is 5.32 Å². The highest BCUT2D eigenvalue weighted by atomic mass is 19.1. The van der Waals surface area contributed by atoms with E-state index in [9.17, 15) is 8.78 Å². The molecule has 2 rings (SSSR count). The van der Waals surface area contributed by atoms with Crippen molar-refractivity contribution in [1.29, 1.82) is 0 Å². The Morgan fingerprint density at radius 3 is 2.33 bits per heavy atom. The second-order valence-electron chi connectivity index (χ2n) is 4.70. The van der Waals surface area contributed by atoms with Gasteiger partial charge in [0.25, 0.3) is 0 Å². The molecule has 0 aliphatic rings. The van der Waals surface area contributed by atoms with Crippen molar-refractivity contribution >= 4 is 0 Å². The predicted octanol–water partition coefficient (Wildman–Crippen LogP) is 4.06. The number of rotatable bonds is 6. The van der Waals surface area contributed by atoms with Crippen molar-refractivity contribution in [3.63, 3.8) is 0 Å². The monoisotopic (exact) mass is 291 g/mol. The number of benzene rings is 2. The van der Waals surface area contributed by atoms with Gasteiger partial charge in [-0.25, -0.2) is 8.78 Å². The first-order valence-electron chi connectivity index (χ1n) is 7.06. The number of halogens is 2. The van der Waals surface area contributed by atoms with Gasteiger partial charge in [0.2, 0.25) is 0 Å². The molecule has 1 N–H and O–H groups in total. The molecule has 1 unspecified atom stereocenters. The van der Waals surface area contributed by atoms with Crippen LogP contribution >= 0.6 is 0 Å². The first kappa shape index (κ1) is 15.4. The number of hydrogen-bond donors (Lipinski definition) is 1. The molecular weight excluding hydrogens is 272 g/mol. The normalized spacial score (nSPS) is 12.2. The quantitative estimate of drug-likeness (QED) is 0.866. The van der Waals surface area contributed by atoms with Crippen molar-refractivity contribution in [1.82, 2.24) is 5.32 Å². The van der Waals surface area contributed by atoms with E-state index in [-0.39, 0.29) is 6.04 Å². The molecule has 0 aliphatic heterocycles. The smallest absolute Gasteiger partial charge is 0.126 e. The molecule has 0 amide bonds. The van der Waals surface area contributed by atoms with Crippen molar-refractivity contribution in [3.8, 4) is 5.75 Å². The summed E-state index contributed by atoms with van der Waals surface area (Å²) in [5.74, 6) is -0.405. The lowest BCUT2D eigenvalue weighted by Gasteiger charge is -2.20. The van der Waals surface area contributed by atoms with Crippen LogP contribution in [0.1, 0.15) is 31.0 Å². The highest BCUT2D eigenvalue weighted by Gasteiger charge is 2.15. The first-order valence-corrected chi connectivity index (χ1v) is 7.06. The maximum absolute atomic E-state index is 13.5. The van der Waals surface area contributed by atoms with E-state index in [1.807, 2.05) is 38.1 Å². The van der Waals surface area contributed by atoms with Gasteiger partial charge in [-0.3, -0.25) is 0 Å². The van der Waals surface area contributed by atoms with Crippen molar-refractivity contribution in [2.24, 2.45) is 0 Å². The molecule has 21 heavy (non-hydrogen) atoms. The van der Waals surface area contributed by atoms with E-state index in [1.54, 1.807) is 0 Å². The Balaban J connectivity index is 2.40. The summed E-state index contributed by atoms with van der Waals surface area (Å²) in [6, 6.07) is 10.8. The average Bonchev–Trinajstić information content (AvgIpc) is 2.44. The summed E-state index contributed by atoms with van der Waals surface area (Å²) < 4.78 is 32.4. The number of nitrogens with one attached hydrogen (secondary N) is 1. The summed E-state index contributed by atoms with van der Waals surface area (Å²) in [6.07, 6.45) is 0. The highest BCUT2D eigenvalue weighted by Crippen LogP contribution is 2.26. The molecule has 0 fully saturated rings. The Labute approximate surface area is 123 Å². The summed E-state index contributed by atoms with van der Waals surface area (Å²) in [5, 5.41) is 3.25. The van der Waals surface area contributed by atoms with Gasteiger partial charge >= 0.3 is 0 Å². The Bertz CT molecular complexity index is 581. The van der Waals surface area contributed by atoms with Gasteiger partial charge in [0, 0.05) is 6.07 Å². The van der Waals surface area contributed by atoms with Crippen LogP contribution in [-0.4, -0.2) is 13.2 Å². The van der Waals surface area contributed by atoms with Crippen molar-refractivity contribution < 1.29 is 13.5 Å². The van der Waals surface area contributed by atoms with Crippen LogP contribution in [0.15, 0.2) is 42.5 Å².